The van der Waals surface area contributed by atoms with Crippen molar-refractivity contribution in [2.75, 3.05) is 0 Å². The fourth-order valence-electron chi connectivity index (χ4n) is 2.93. The van der Waals surface area contributed by atoms with Gasteiger partial charge in [0.05, 0.1) is 11.3 Å². The third-order valence-electron chi connectivity index (χ3n) is 4.37. The SMILES string of the molecule is O=C(O)c1ccc(-n2c(-c3ccccc3)csc2=NC(=O)c2ccccc2)cc1. The summed E-state index contributed by atoms with van der Waals surface area (Å²) in [7, 11) is 0. The van der Waals surface area contributed by atoms with Crippen LogP contribution in [0.1, 0.15) is 20.7 Å². The number of nitrogens with zero attached hydrogens (tertiary/aromatic N) is 2. The molecule has 0 saturated carbocycles. The summed E-state index contributed by atoms with van der Waals surface area (Å²) in [5, 5.41) is 11.1. The molecule has 3 aromatic carbocycles. The van der Waals surface area contributed by atoms with Crippen molar-refractivity contribution in [1.82, 2.24) is 4.57 Å². The second-order valence-corrected chi connectivity index (χ2v) is 7.08. The van der Waals surface area contributed by atoms with Crippen LogP contribution in [0, 0.1) is 0 Å². The number of carboxylic acid groups (broad SMARTS) is 1. The Kier molecular flexibility index (Phi) is 5.18. The Hall–Kier alpha value is -3.77. The van der Waals surface area contributed by atoms with E-state index < -0.39 is 5.97 Å². The third kappa shape index (κ3) is 3.93. The first-order valence-electron chi connectivity index (χ1n) is 8.87. The first-order chi connectivity index (χ1) is 14.1. The highest BCUT2D eigenvalue weighted by molar-refractivity contribution is 7.07. The summed E-state index contributed by atoms with van der Waals surface area (Å²) in [6.45, 7) is 0. The number of rotatable bonds is 4. The van der Waals surface area contributed by atoms with Crippen LogP contribution >= 0.6 is 11.3 Å². The average Bonchev–Trinajstić information content (AvgIpc) is 3.18. The fraction of sp³-hybridized carbons (Fsp3) is 0. The Morgan fingerprint density at radius 3 is 2.03 bits per heavy atom. The van der Waals surface area contributed by atoms with Crippen LogP contribution in [-0.2, 0) is 0 Å². The summed E-state index contributed by atoms with van der Waals surface area (Å²) in [4.78, 5) is 28.7. The van der Waals surface area contributed by atoms with Gasteiger partial charge in [0.15, 0.2) is 4.80 Å². The lowest BCUT2D eigenvalue weighted by atomic mass is 10.1. The van der Waals surface area contributed by atoms with Gasteiger partial charge in [-0.15, -0.1) is 11.3 Å². The van der Waals surface area contributed by atoms with E-state index in [0.29, 0.717) is 10.4 Å². The van der Waals surface area contributed by atoms with Gasteiger partial charge in [-0.05, 0) is 42.0 Å². The van der Waals surface area contributed by atoms with Crippen molar-refractivity contribution in [2.24, 2.45) is 4.99 Å². The molecule has 142 valence electrons. The predicted molar refractivity (Wildman–Crippen MR) is 112 cm³/mol. The van der Waals surface area contributed by atoms with E-state index in [1.807, 2.05) is 46.3 Å². The number of aromatic nitrogens is 1. The van der Waals surface area contributed by atoms with Crippen LogP contribution in [0.3, 0.4) is 0 Å². The van der Waals surface area contributed by atoms with Crippen molar-refractivity contribution in [3.8, 4) is 16.9 Å². The molecule has 0 aliphatic carbocycles. The summed E-state index contributed by atoms with van der Waals surface area (Å²) in [6.07, 6.45) is 0. The van der Waals surface area contributed by atoms with Crippen LogP contribution in [0.25, 0.3) is 16.9 Å². The molecule has 0 aliphatic heterocycles. The van der Waals surface area contributed by atoms with Crippen LogP contribution in [0.4, 0.5) is 0 Å². The molecule has 29 heavy (non-hydrogen) atoms. The van der Waals surface area contributed by atoms with Gasteiger partial charge in [-0.2, -0.15) is 4.99 Å². The predicted octanol–water partition coefficient (Wildman–Crippen LogP) is 4.65. The Labute approximate surface area is 170 Å². The smallest absolute Gasteiger partial charge is 0.335 e. The van der Waals surface area contributed by atoms with Crippen LogP contribution in [0.15, 0.2) is 95.3 Å². The number of carboxylic acids is 1. The molecule has 0 atom stereocenters. The molecule has 0 aliphatic rings. The van der Waals surface area contributed by atoms with Crippen molar-refractivity contribution in [2.45, 2.75) is 0 Å². The summed E-state index contributed by atoms with van der Waals surface area (Å²) in [5.41, 5.74) is 3.28. The highest BCUT2D eigenvalue weighted by atomic mass is 32.1. The van der Waals surface area contributed by atoms with Gasteiger partial charge < -0.3 is 5.11 Å². The lowest BCUT2D eigenvalue weighted by Gasteiger charge is -2.09. The molecular weight excluding hydrogens is 384 g/mol. The molecule has 0 bridgehead atoms. The molecule has 0 unspecified atom stereocenters. The summed E-state index contributed by atoms with van der Waals surface area (Å²) in [6, 6.07) is 25.2. The Morgan fingerprint density at radius 1 is 0.793 bits per heavy atom. The molecule has 1 amide bonds. The van der Waals surface area contributed by atoms with E-state index in [1.165, 1.54) is 11.3 Å². The number of amides is 1. The molecule has 4 rings (SSSR count). The largest absolute Gasteiger partial charge is 0.478 e. The third-order valence-corrected chi connectivity index (χ3v) is 5.19. The maximum Gasteiger partial charge on any atom is 0.335 e. The number of carbonyl (C=O) groups is 2. The fourth-order valence-corrected chi connectivity index (χ4v) is 3.84. The zero-order valence-electron chi connectivity index (χ0n) is 15.2. The number of thiazole rings is 1. The van der Waals surface area contributed by atoms with Gasteiger partial charge in [-0.3, -0.25) is 9.36 Å². The molecule has 6 heteroatoms. The van der Waals surface area contributed by atoms with Gasteiger partial charge in [-0.25, -0.2) is 4.79 Å². The van der Waals surface area contributed by atoms with E-state index >= 15 is 0 Å². The normalized spacial score (nSPS) is 11.4. The summed E-state index contributed by atoms with van der Waals surface area (Å²) >= 11 is 1.36. The van der Waals surface area contributed by atoms with Gasteiger partial charge in [-0.1, -0.05) is 48.5 Å². The highest BCUT2D eigenvalue weighted by Crippen LogP contribution is 2.23. The van der Waals surface area contributed by atoms with Crippen molar-refractivity contribution in [1.29, 1.82) is 0 Å². The summed E-state index contributed by atoms with van der Waals surface area (Å²) in [5.74, 6) is -1.32. The number of hydrogen-bond donors (Lipinski definition) is 1. The molecule has 1 heterocycles. The van der Waals surface area contributed by atoms with Crippen LogP contribution in [0.5, 0.6) is 0 Å². The van der Waals surface area contributed by atoms with Gasteiger partial charge in [0.2, 0.25) is 0 Å². The molecular formula is C23H16N2O3S. The van der Waals surface area contributed by atoms with Gasteiger partial charge >= 0.3 is 5.97 Å². The standard InChI is InChI=1S/C23H16N2O3S/c26-21(17-9-5-2-6-10-17)24-23-25(19-13-11-18(12-14-19)22(27)28)20(15-29-23)16-7-3-1-4-8-16/h1-15H,(H,27,28). The maximum absolute atomic E-state index is 12.6. The Morgan fingerprint density at radius 2 is 1.41 bits per heavy atom. The average molecular weight is 400 g/mol. The monoisotopic (exact) mass is 400 g/mol. The second kappa shape index (κ2) is 8.08. The zero-order valence-corrected chi connectivity index (χ0v) is 16.0. The molecule has 4 aromatic rings. The molecule has 0 fully saturated rings. The highest BCUT2D eigenvalue weighted by Gasteiger charge is 2.12. The van der Waals surface area contributed by atoms with Crippen molar-refractivity contribution in [3.05, 3.63) is 106 Å². The zero-order chi connectivity index (χ0) is 20.2. The quantitative estimate of drug-likeness (QED) is 0.542. The number of aromatic carboxylic acids is 1. The van der Waals surface area contributed by atoms with Crippen molar-refractivity contribution >= 4 is 23.2 Å². The van der Waals surface area contributed by atoms with Crippen LogP contribution < -0.4 is 4.80 Å². The molecule has 1 N–H and O–H groups in total. The Balaban J connectivity index is 1.88. The van der Waals surface area contributed by atoms with E-state index in [4.69, 9.17) is 0 Å². The molecule has 0 saturated heterocycles. The molecule has 1 aromatic heterocycles. The van der Waals surface area contributed by atoms with E-state index in [9.17, 15) is 14.7 Å². The number of carbonyl (C=O) groups excluding carboxylic acids is 1. The minimum absolute atomic E-state index is 0.199. The maximum atomic E-state index is 12.6. The second-order valence-electron chi connectivity index (χ2n) is 6.24. The number of hydrogen-bond acceptors (Lipinski definition) is 3. The van der Waals surface area contributed by atoms with Gasteiger partial charge in [0, 0.05) is 16.6 Å². The molecule has 5 nitrogen and oxygen atoms in total. The summed E-state index contributed by atoms with van der Waals surface area (Å²) < 4.78 is 1.87. The lowest BCUT2D eigenvalue weighted by Crippen LogP contribution is -2.16. The van der Waals surface area contributed by atoms with E-state index in [1.54, 1.807) is 48.5 Å². The lowest BCUT2D eigenvalue weighted by molar-refractivity contribution is 0.0696. The first kappa shape index (κ1) is 18.6. The van der Waals surface area contributed by atoms with Crippen LogP contribution in [0.2, 0.25) is 0 Å². The minimum atomic E-state index is -0.987. The van der Waals surface area contributed by atoms with E-state index in [0.717, 1.165) is 16.9 Å². The van der Waals surface area contributed by atoms with Gasteiger partial charge in [0.1, 0.15) is 0 Å². The molecule has 0 spiro atoms. The van der Waals surface area contributed by atoms with E-state index in [2.05, 4.69) is 4.99 Å². The Bertz CT molecular complexity index is 1220. The topological polar surface area (TPSA) is 71.7 Å². The van der Waals surface area contributed by atoms with Gasteiger partial charge in [0.25, 0.3) is 5.91 Å². The minimum Gasteiger partial charge on any atom is -0.478 e. The van der Waals surface area contributed by atoms with Crippen molar-refractivity contribution < 1.29 is 14.7 Å². The van der Waals surface area contributed by atoms with Crippen LogP contribution in [-0.4, -0.2) is 21.6 Å². The van der Waals surface area contributed by atoms with Crippen molar-refractivity contribution in [3.63, 3.8) is 0 Å². The molecule has 0 radical (unpaired) electrons. The first-order valence-corrected chi connectivity index (χ1v) is 9.75. The number of benzene rings is 3. The van der Waals surface area contributed by atoms with E-state index in [-0.39, 0.29) is 11.5 Å².